The molecule has 1 saturated heterocycles. The zero-order valence-corrected chi connectivity index (χ0v) is 17.8. The summed E-state index contributed by atoms with van der Waals surface area (Å²) >= 11 is 0. The molecule has 2 heterocycles. The van der Waals surface area contributed by atoms with Gasteiger partial charge in [-0.3, -0.25) is 4.99 Å². The highest BCUT2D eigenvalue weighted by atomic mass is 16.4. The standard InChI is InChI=1S/C20H38N6O/c1-6-25-11-13-26(14-12-25)10-8-7-9-22-19(21-5)24-16-18-23-15-17(27-18)20(2,3)4/h15H,6-14,16H2,1-5H3,(H2,21,22,24). The molecule has 7 nitrogen and oxygen atoms in total. The van der Waals surface area contributed by atoms with Crippen molar-refractivity contribution in [2.45, 2.75) is 52.5 Å². The van der Waals surface area contributed by atoms with Crippen LogP contribution in [0.25, 0.3) is 0 Å². The zero-order chi connectivity index (χ0) is 19.7. The van der Waals surface area contributed by atoms with E-state index in [1.165, 1.54) is 45.7 Å². The van der Waals surface area contributed by atoms with Crippen LogP contribution in [0.2, 0.25) is 0 Å². The summed E-state index contributed by atoms with van der Waals surface area (Å²) < 4.78 is 5.80. The first-order valence-corrected chi connectivity index (χ1v) is 10.3. The topological polar surface area (TPSA) is 68.9 Å². The lowest BCUT2D eigenvalue weighted by Gasteiger charge is -2.34. The van der Waals surface area contributed by atoms with Crippen molar-refractivity contribution in [1.29, 1.82) is 0 Å². The van der Waals surface area contributed by atoms with Crippen molar-refractivity contribution in [2.24, 2.45) is 4.99 Å². The van der Waals surface area contributed by atoms with Crippen LogP contribution < -0.4 is 10.6 Å². The predicted octanol–water partition coefficient (Wildman–Crippen LogP) is 2.05. The maximum absolute atomic E-state index is 5.80. The smallest absolute Gasteiger partial charge is 0.213 e. The van der Waals surface area contributed by atoms with Gasteiger partial charge in [0.15, 0.2) is 5.96 Å². The first-order valence-electron chi connectivity index (χ1n) is 10.3. The molecule has 1 fully saturated rings. The lowest BCUT2D eigenvalue weighted by Crippen LogP contribution is -2.46. The fraction of sp³-hybridized carbons (Fsp3) is 0.800. The molecule has 0 aromatic carbocycles. The highest BCUT2D eigenvalue weighted by Gasteiger charge is 2.19. The Hall–Kier alpha value is -1.60. The molecule has 2 N–H and O–H groups in total. The summed E-state index contributed by atoms with van der Waals surface area (Å²) in [7, 11) is 1.79. The van der Waals surface area contributed by atoms with Gasteiger partial charge in [-0.05, 0) is 25.9 Å². The summed E-state index contributed by atoms with van der Waals surface area (Å²) in [5.41, 5.74) is -0.0195. The van der Waals surface area contributed by atoms with E-state index in [0.29, 0.717) is 12.4 Å². The third-order valence-electron chi connectivity index (χ3n) is 5.03. The number of hydrogen-bond donors (Lipinski definition) is 2. The summed E-state index contributed by atoms with van der Waals surface area (Å²) in [6.45, 7) is 17.3. The highest BCUT2D eigenvalue weighted by Crippen LogP contribution is 2.22. The number of aliphatic imine (C=N–C) groups is 1. The van der Waals surface area contributed by atoms with Gasteiger partial charge in [-0.15, -0.1) is 0 Å². The van der Waals surface area contributed by atoms with Crippen molar-refractivity contribution in [3.63, 3.8) is 0 Å². The Balaban J connectivity index is 1.58. The van der Waals surface area contributed by atoms with Gasteiger partial charge in [0.05, 0.1) is 12.7 Å². The molecule has 7 heteroatoms. The van der Waals surface area contributed by atoms with Gasteiger partial charge in [0, 0.05) is 45.2 Å². The van der Waals surface area contributed by atoms with Crippen LogP contribution in [0.1, 0.15) is 52.2 Å². The lowest BCUT2D eigenvalue weighted by atomic mass is 9.94. The Kier molecular flexibility index (Phi) is 8.57. The molecular weight excluding hydrogens is 340 g/mol. The quantitative estimate of drug-likeness (QED) is 0.410. The van der Waals surface area contributed by atoms with E-state index in [-0.39, 0.29) is 5.41 Å². The molecule has 1 aliphatic heterocycles. The maximum Gasteiger partial charge on any atom is 0.213 e. The van der Waals surface area contributed by atoms with Gasteiger partial charge in [0.1, 0.15) is 5.76 Å². The molecule has 0 spiro atoms. The Labute approximate surface area is 164 Å². The molecule has 154 valence electrons. The molecule has 1 aliphatic rings. The van der Waals surface area contributed by atoms with E-state index >= 15 is 0 Å². The van der Waals surface area contributed by atoms with E-state index in [1.807, 2.05) is 6.20 Å². The fourth-order valence-corrected chi connectivity index (χ4v) is 3.11. The van der Waals surface area contributed by atoms with Crippen LogP contribution in [0.15, 0.2) is 15.6 Å². The predicted molar refractivity (Wildman–Crippen MR) is 111 cm³/mol. The molecule has 0 unspecified atom stereocenters. The van der Waals surface area contributed by atoms with Crippen molar-refractivity contribution in [3.05, 3.63) is 17.8 Å². The number of likely N-dealkylation sites (N-methyl/N-ethyl adjacent to an activating group) is 1. The van der Waals surface area contributed by atoms with E-state index in [4.69, 9.17) is 4.42 Å². The van der Waals surface area contributed by atoms with Gasteiger partial charge in [-0.2, -0.15) is 0 Å². The Bertz CT molecular complexity index is 569. The number of nitrogens with zero attached hydrogens (tertiary/aromatic N) is 4. The SMILES string of the molecule is CCN1CCN(CCCCNC(=NC)NCc2ncc(C(C)(C)C)o2)CC1. The fourth-order valence-electron chi connectivity index (χ4n) is 3.11. The Morgan fingerprint density at radius 3 is 2.44 bits per heavy atom. The Morgan fingerprint density at radius 1 is 1.15 bits per heavy atom. The second kappa shape index (κ2) is 10.7. The molecule has 0 bridgehead atoms. The molecule has 0 aliphatic carbocycles. The van der Waals surface area contributed by atoms with Gasteiger partial charge in [0.2, 0.25) is 5.89 Å². The average molecular weight is 379 g/mol. The third kappa shape index (κ3) is 7.50. The number of hydrogen-bond acceptors (Lipinski definition) is 5. The van der Waals surface area contributed by atoms with Crippen LogP contribution in [-0.2, 0) is 12.0 Å². The number of unbranched alkanes of at least 4 members (excludes halogenated alkanes) is 1. The van der Waals surface area contributed by atoms with Crippen molar-refractivity contribution in [1.82, 2.24) is 25.4 Å². The zero-order valence-electron chi connectivity index (χ0n) is 17.8. The third-order valence-corrected chi connectivity index (χ3v) is 5.03. The molecule has 27 heavy (non-hydrogen) atoms. The molecule has 1 aromatic heterocycles. The van der Waals surface area contributed by atoms with E-state index in [0.717, 1.165) is 24.7 Å². The molecule has 0 amide bonds. The summed E-state index contributed by atoms with van der Waals surface area (Å²) in [6, 6.07) is 0. The van der Waals surface area contributed by atoms with E-state index in [9.17, 15) is 0 Å². The number of guanidine groups is 1. The summed E-state index contributed by atoms with van der Waals surface area (Å²) in [6.07, 6.45) is 4.17. The monoisotopic (exact) mass is 378 g/mol. The summed E-state index contributed by atoms with van der Waals surface area (Å²) in [5.74, 6) is 2.39. The van der Waals surface area contributed by atoms with Crippen LogP contribution in [0.3, 0.4) is 0 Å². The van der Waals surface area contributed by atoms with Crippen LogP contribution in [0.4, 0.5) is 0 Å². The van der Waals surface area contributed by atoms with E-state index < -0.39 is 0 Å². The molecule has 0 radical (unpaired) electrons. The average Bonchev–Trinajstić information content (AvgIpc) is 3.14. The van der Waals surface area contributed by atoms with Gasteiger partial charge in [-0.1, -0.05) is 27.7 Å². The minimum atomic E-state index is -0.0195. The second-order valence-electron chi connectivity index (χ2n) is 8.20. The van der Waals surface area contributed by atoms with E-state index in [1.54, 1.807) is 7.05 Å². The van der Waals surface area contributed by atoms with Gasteiger partial charge in [0.25, 0.3) is 0 Å². The minimum Gasteiger partial charge on any atom is -0.443 e. The normalized spacial score (nSPS) is 17.3. The van der Waals surface area contributed by atoms with Gasteiger partial charge >= 0.3 is 0 Å². The minimum absolute atomic E-state index is 0.0195. The van der Waals surface area contributed by atoms with Crippen molar-refractivity contribution >= 4 is 5.96 Å². The van der Waals surface area contributed by atoms with Gasteiger partial charge < -0.3 is 24.9 Å². The number of rotatable bonds is 8. The van der Waals surface area contributed by atoms with Crippen LogP contribution in [0.5, 0.6) is 0 Å². The largest absolute Gasteiger partial charge is 0.443 e. The van der Waals surface area contributed by atoms with Crippen molar-refractivity contribution < 1.29 is 4.42 Å². The molecular formula is C20H38N6O. The van der Waals surface area contributed by atoms with E-state index in [2.05, 4.69) is 58.1 Å². The maximum atomic E-state index is 5.80. The highest BCUT2D eigenvalue weighted by molar-refractivity contribution is 5.79. The summed E-state index contributed by atoms with van der Waals surface area (Å²) in [5, 5.41) is 6.64. The van der Waals surface area contributed by atoms with Crippen molar-refractivity contribution in [3.8, 4) is 0 Å². The first kappa shape index (κ1) is 21.7. The summed E-state index contributed by atoms with van der Waals surface area (Å²) in [4.78, 5) is 13.7. The van der Waals surface area contributed by atoms with Crippen LogP contribution in [0, 0.1) is 0 Å². The molecule has 2 rings (SSSR count). The number of oxazole rings is 1. The number of nitrogens with one attached hydrogen (secondary N) is 2. The lowest BCUT2D eigenvalue weighted by molar-refractivity contribution is 0.136. The first-order chi connectivity index (χ1) is 12.9. The second-order valence-corrected chi connectivity index (χ2v) is 8.20. The molecule has 0 atom stereocenters. The van der Waals surface area contributed by atoms with Crippen LogP contribution >= 0.6 is 0 Å². The molecule has 1 aromatic rings. The Morgan fingerprint density at radius 2 is 1.85 bits per heavy atom. The van der Waals surface area contributed by atoms with Gasteiger partial charge in [-0.25, -0.2) is 4.98 Å². The van der Waals surface area contributed by atoms with Crippen LogP contribution in [-0.4, -0.2) is 73.6 Å². The number of aromatic nitrogens is 1. The molecule has 0 saturated carbocycles. The van der Waals surface area contributed by atoms with Crippen molar-refractivity contribution in [2.75, 3.05) is 52.9 Å². The number of piperazine rings is 1.